The van der Waals surface area contributed by atoms with Gasteiger partial charge in [-0.1, -0.05) is 28.1 Å². The number of rotatable bonds is 3. The Labute approximate surface area is 125 Å². The fourth-order valence-corrected chi connectivity index (χ4v) is 2.15. The van der Waals surface area contributed by atoms with Gasteiger partial charge in [-0.25, -0.2) is 4.98 Å². The average Bonchev–Trinajstić information content (AvgIpc) is 2.98. The van der Waals surface area contributed by atoms with E-state index in [2.05, 4.69) is 20.9 Å². The van der Waals surface area contributed by atoms with E-state index < -0.39 is 0 Å². The second-order valence-corrected chi connectivity index (χ2v) is 5.18. The van der Waals surface area contributed by atoms with Crippen LogP contribution in [0.3, 0.4) is 0 Å². The third-order valence-corrected chi connectivity index (χ3v) is 3.50. The Hall–Kier alpha value is -2.07. The first-order chi connectivity index (χ1) is 9.76. The van der Waals surface area contributed by atoms with Crippen molar-refractivity contribution < 1.29 is 9.15 Å². The van der Waals surface area contributed by atoms with Crippen LogP contribution in [-0.4, -0.2) is 12.1 Å². The first-order valence-corrected chi connectivity index (χ1v) is 6.92. The van der Waals surface area contributed by atoms with E-state index in [9.17, 15) is 0 Å². The first kappa shape index (κ1) is 12.9. The Bertz CT molecular complexity index is 702. The normalized spacial score (nSPS) is 10.5. The lowest BCUT2D eigenvalue weighted by atomic mass is 10.2. The molecule has 100 valence electrons. The number of hydrogen-bond acceptors (Lipinski definition) is 3. The lowest BCUT2D eigenvalue weighted by Gasteiger charge is -2.00. The fourth-order valence-electron chi connectivity index (χ4n) is 1.89. The first-order valence-electron chi connectivity index (χ1n) is 6.12. The van der Waals surface area contributed by atoms with E-state index in [4.69, 9.17) is 9.15 Å². The molecule has 1 heterocycles. The third kappa shape index (κ3) is 2.60. The summed E-state index contributed by atoms with van der Waals surface area (Å²) in [5.74, 6) is 2.17. The molecule has 4 heteroatoms. The van der Waals surface area contributed by atoms with Crippen LogP contribution in [0.15, 0.2) is 63.6 Å². The van der Waals surface area contributed by atoms with Gasteiger partial charge in [-0.15, -0.1) is 0 Å². The molecule has 3 rings (SSSR count). The van der Waals surface area contributed by atoms with Crippen molar-refractivity contribution in [2.75, 3.05) is 7.11 Å². The number of ether oxygens (including phenoxy) is 1. The predicted molar refractivity (Wildman–Crippen MR) is 81.6 cm³/mol. The summed E-state index contributed by atoms with van der Waals surface area (Å²) in [7, 11) is 1.64. The van der Waals surface area contributed by atoms with Crippen LogP contribution in [0.4, 0.5) is 0 Å². The third-order valence-electron chi connectivity index (χ3n) is 2.97. The minimum atomic E-state index is 0.602. The number of benzene rings is 2. The molecule has 3 nitrogen and oxygen atoms in total. The second-order valence-electron chi connectivity index (χ2n) is 4.27. The number of methoxy groups -OCH3 is 1. The van der Waals surface area contributed by atoms with Gasteiger partial charge >= 0.3 is 0 Å². The highest BCUT2D eigenvalue weighted by molar-refractivity contribution is 9.10. The van der Waals surface area contributed by atoms with Gasteiger partial charge < -0.3 is 9.15 Å². The van der Waals surface area contributed by atoms with Crippen LogP contribution in [0.2, 0.25) is 0 Å². The smallest absolute Gasteiger partial charge is 0.226 e. The van der Waals surface area contributed by atoms with Gasteiger partial charge in [0.15, 0.2) is 5.76 Å². The van der Waals surface area contributed by atoms with Crippen molar-refractivity contribution in [3.05, 3.63) is 59.2 Å². The zero-order valence-electron chi connectivity index (χ0n) is 10.8. The summed E-state index contributed by atoms with van der Waals surface area (Å²) >= 11 is 3.42. The highest BCUT2D eigenvalue weighted by Crippen LogP contribution is 2.27. The number of halogens is 1. The summed E-state index contributed by atoms with van der Waals surface area (Å²) in [4.78, 5) is 4.32. The molecule has 0 bridgehead atoms. The Kier molecular flexibility index (Phi) is 3.56. The van der Waals surface area contributed by atoms with E-state index in [-0.39, 0.29) is 0 Å². The largest absolute Gasteiger partial charge is 0.497 e. The average molecular weight is 330 g/mol. The van der Waals surface area contributed by atoms with Gasteiger partial charge in [-0.05, 0) is 36.4 Å². The van der Waals surface area contributed by atoms with Crippen LogP contribution in [0.5, 0.6) is 5.75 Å². The zero-order valence-corrected chi connectivity index (χ0v) is 12.4. The second kappa shape index (κ2) is 5.51. The van der Waals surface area contributed by atoms with Crippen molar-refractivity contribution >= 4 is 15.9 Å². The molecule has 3 aromatic rings. The molecule has 0 aliphatic heterocycles. The maximum Gasteiger partial charge on any atom is 0.226 e. The molecule has 0 atom stereocenters. The molecule has 0 radical (unpaired) electrons. The van der Waals surface area contributed by atoms with Crippen LogP contribution in [0.25, 0.3) is 22.8 Å². The molecule has 0 unspecified atom stereocenters. The molecule has 0 amide bonds. The molecule has 20 heavy (non-hydrogen) atoms. The van der Waals surface area contributed by atoms with Crippen molar-refractivity contribution in [2.45, 2.75) is 0 Å². The van der Waals surface area contributed by atoms with E-state index in [1.54, 1.807) is 13.3 Å². The van der Waals surface area contributed by atoms with Gasteiger partial charge in [0.25, 0.3) is 0 Å². The van der Waals surface area contributed by atoms with E-state index in [1.807, 2.05) is 48.5 Å². The number of aromatic nitrogens is 1. The summed E-state index contributed by atoms with van der Waals surface area (Å²) in [6, 6.07) is 15.6. The van der Waals surface area contributed by atoms with Crippen LogP contribution in [0.1, 0.15) is 0 Å². The molecule has 0 aliphatic carbocycles. The minimum Gasteiger partial charge on any atom is -0.497 e. The summed E-state index contributed by atoms with van der Waals surface area (Å²) in [6.45, 7) is 0. The molecule has 0 aliphatic rings. The van der Waals surface area contributed by atoms with E-state index in [0.29, 0.717) is 5.89 Å². The van der Waals surface area contributed by atoms with Crippen molar-refractivity contribution in [1.82, 2.24) is 4.98 Å². The highest BCUT2D eigenvalue weighted by Gasteiger charge is 2.08. The van der Waals surface area contributed by atoms with Crippen molar-refractivity contribution in [3.8, 4) is 28.5 Å². The van der Waals surface area contributed by atoms with Gasteiger partial charge in [0.1, 0.15) is 5.75 Å². The Balaban J connectivity index is 1.91. The van der Waals surface area contributed by atoms with Gasteiger partial charge in [0, 0.05) is 15.6 Å². The van der Waals surface area contributed by atoms with Gasteiger partial charge in [0.2, 0.25) is 5.89 Å². The zero-order chi connectivity index (χ0) is 13.9. The Morgan fingerprint density at radius 1 is 0.950 bits per heavy atom. The van der Waals surface area contributed by atoms with Gasteiger partial charge in [0.05, 0.1) is 13.3 Å². The van der Waals surface area contributed by atoms with Crippen LogP contribution >= 0.6 is 15.9 Å². The van der Waals surface area contributed by atoms with Gasteiger partial charge in [-0.2, -0.15) is 0 Å². The van der Waals surface area contributed by atoms with E-state index in [0.717, 1.165) is 27.1 Å². The fraction of sp³-hybridized carbons (Fsp3) is 0.0625. The molecule has 0 saturated heterocycles. The van der Waals surface area contributed by atoms with Crippen LogP contribution in [-0.2, 0) is 0 Å². The Morgan fingerprint density at radius 2 is 1.60 bits per heavy atom. The topological polar surface area (TPSA) is 35.3 Å². The molecular formula is C16H12BrNO2. The molecular weight excluding hydrogens is 318 g/mol. The number of nitrogens with zero attached hydrogens (tertiary/aromatic N) is 1. The van der Waals surface area contributed by atoms with Crippen molar-refractivity contribution in [3.63, 3.8) is 0 Å². The highest BCUT2D eigenvalue weighted by atomic mass is 79.9. The molecule has 0 saturated carbocycles. The van der Waals surface area contributed by atoms with Crippen molar-refractivity contribution in [2.24, 2.45) is 0 Å². The molecule has 0 spiro atoms. The lowest BCUT2D eigenvalue weighted by molar-refractivity contribution is 0.415. The number of hydrogen-bond donors (Lipinski definition) is 0. The quantitative estimate of drug-likeness (QED) is 0.693. The van der Waals surface area contributed by atoms with Crippen LogP contribution in [0, 0.1) is 0 Å². The molecule has 0 N–H and O–H groups in total. The monoisotopic (exact) mass is 329 g/mol. The Morgan fingerprint density at radius 3 is 2.25 bits per heavy atom. The summed E-state index contributed by atoms with van der Waals surface area (Å²) < 4.78 is 12.0. The molecule has 0 fully saturated rings. The van der Waals surface area contributed by atoms with E-state index >= 15 is 0 Å². The SMILES string of the molecule is COc1ccc(-c2ncc(-c3ccc(Br)cc3)o2)cc1. The van der Waals surface area contributed by atoms with E-state index in [1.165, 1.54) is 0 Å². The standard InChI is InChI=1S/C16H12BrNO2/c1-19-14-8-4-12(5-9-14)16-18-10-15(20-16)11-2-6-13(17)7-3-11/h2-10H,1H3. The van der Waals surface area contributed by atoms with Crippen LogP contribution < -0.4 is 4.74 Å². The summed E-state index contributed by atoms with van der Waals surface area (Å²) in [5, 5.41) is 0. The predicted octanol–water partition coefficient (Wildman–Crippen LogP) is 4.78. The van der Waals surface area contributed by atoms with Gasteiger partial charge in [-0.3, -0.25) is 0 Å². The van der Waals surface area contributed by atoms with Crippen molar-refractivity contribution in [1.29, 1.82) is 0 Å². The summed E-state index contributed by atoms with van der Waals surface area (Å²) in [6.07, 6.45) is 1.74. The maximum absolute atomic E-state index is 5.80. The lowest BCUT2D eigenvalue weighted by Crippen LogP contribution is -1.82. The number of oxazole rings is 1. The maximum atomic E-state index is 5.80. The molecule has 2 aromatic carbocycles. The molecule has 1 aromatic heterocycles. The minimum absolute atomic E-state index is 0.602. The summed E-state index contributed by atoms with van der Waals surface area (Å²) in [5.41, 5.74) is 1.93.